The molecule has 0 radical (unpaired) electrons. The van der Waals surface area contributed by atoms with Crippen molar-refractivity contribution in [1.29, 1.82) is 0 Å². The van der Waals surface area contributed by atoms with Crippen LogP contribution in [0.4, 0.5) is 0 Å². The molecule has 0 amide bonds. The van der Waals surface area contributed by atoms with Crippen LogP contribution in [0.25, 0.3) is 0 Å². The highest BCUT2D eigenvalue weighted by Crippen LogP contribution is 2.30. The van der Waals surface area contributed by atoms with Gasteiger partial charge in [-0.15, -0.1) is 0 Å². The van der Waals surface area contributed by atoms with Crippen LogP contribution in [-0.4, -0.2) is 24.7 Å². The summed E-state index contributed by atoms with van der Waals surface area (Å²) in [4.78, 5) is 0. The Balaban J connectivity index is 2.17. The number of rotatable bonds is 4. The second-order valence-corrected chi connectivity index (χ2v) is 7.07. The normalized spacial score (nSPS) is 28.5. The fraction of sp³-hybridized carbons (Fsp3) is 0.750. The maximum absolute atomic E-state index is 12.4. The number of nitrogens with one attached hydrogen (secondary N) is 2. The van der Waals surface area contributed by atoms with Gasteiger partial charge in [-0.1, -0.05) is 26.7 Å². The molecular formula is C12H22N4O2S. The summed E-state index contributed by atoms with van der Waals surface area (Å²) in [6.45, 7) is 4.43. The number of sulfonamides is 1. The van der Waals surface area contributed by atoms with Gasteiger partial charge in [-0.2, -0.15) is 5.10 Å². The molecule has 1 heterocycles. The second-order valence-electron chi connectivity index (χ2n) is 5.42. The maximum atomic E-state index is 12.4. The molecule has 1 aliphatic rings. The molecule has 1 saturated carbocycles. The van der Waals surface area contributed by atoms with Crippen LogP contribution in [-0.2, 0) is 16.6 Å². The predicted octanol–water partition coefficient (Wildman–Crippen LogP) is 0.971. The van der Waals surface area contributed by atoms with Crippen molar-refractivity contribution in [2.75, 3.05) is 0 Å². The Labute approximate surface area is 114 Å². The fourth-order valence-electron chi connectivity index (χ4n) is 2.68. The zero-order valence-electron chi connectivity index (χ0n) is 11.4. The van der Waals surface area contributed by atoms with Gasteiger partial charge in [0.2, 0.25) is 0 Å². The van der Waals surface area contributed by atoms with Crippen LogP contribution in [0.1, 0.15) is 38.7 Å². The Bertz CT molecular complexity index is 526. The molecule has 4 N–H and O–H groups in total. The third-order valence-electron chi connectivity index (χ3n) is 4.18. The molecule has 108 valence electrons. The summed E-state index contributed by atoms with van der Waals surface area (Å²) in [6, 6.07) is -0.0114. The highest BCUT2D eigenvalue weighted by Gasteiger charge is 2.32. The summed E-state index contributed by atoms with van der Waals surface area (Å²) in [5.41, 5.74) is 6.04. The molecule has 6 nitrogen and oxygen atoms in total. The van der Waals surface area contributed by atoms with Gasteiger partial charge in [0.1, 0.15) is 0 Å². The second kappa shape index (κ2) is 5.60. The van der Waals surface area contributed by atoms with E-state index >= 15 is 0 Å². The molecule has 3 atom stereocenters. The number of nitrogens with two attached hydrogens (primary N) is 1. The molecule has 0 spiro atoms. The van der Waals surface area contributed by atoms with E-state index in [1.807, 2.05) is 0 Å². The SMILES string of the molecule is CC1CCCC(NS(=O)(=O)c2[nH]ncc2CN)C1C. The smallest absolute Gasteiger partial charge is 0.258 e. The molecule has 1 aliphatic carbocycles. The molecule has 19 heavy (non-hydrogen) atoms. The van der Waals surface area contributed by atoms with Crippen LogP contribution >= 0.6 is 0 Å². The third kappa shape index (κ3) is 2.98. The van der Waals surface area contributed by atoms with Crippen molar-refractivity contribution in [1.82, 2.24) is 14.9 Å². The van der Waals surface area contributed by atoms with Gasteiger partial charge >= 0.3 is 0 Å². The quantitative estimate of drug-likeness (QED) is 0.767. The lowest BCUT2D eigenvalue weighted by molar-refractivity contribution is 0.226. The number of nitrogens with zero attached hydrogens (tertiary/aromatic N) is 1. The minimum atomic E-state index is -3.56. The monoisotopic (exact) mass is 286 g/mol. The largest absolute Gasteiger partial charge is 0.326 e. The van der Waals surface area contributed by atoms with E-state index in [1.54, 1.807) is 0 Å². The van der Waals surface area contributed by atoms with E-state index < -0.39 is 10.0 Å². The minimum Gasteiger partial charge on any atom is -0.326 e. The Morgan fingerprint density at radius 3 is 2.89 bits per heavy atom. The van der Waals surface area contributed by atoms with Crippen molar-refractivity contribution < 1.29 is 8.42 Å². The average molecular weight is 286 g/mol. The van der Waals surface area contributed by atoms with Crippen molar-refractivity contribution >= 4 is 10.0 Å². The summed E-state index contributed by atoms with van der Waals surface area (Å²) >= 11 is 0. The van der Waals surface area contributed by atoms with Crippen molar-refractivity contribution in [3.63, 3.8) is 0 Å². The molecular weight excluding hydrogens is 264 g/mol. The zero-order chi connectivity index (χ0) is 14.0. The van der Waals surface area contributed by atoms with Crippen molar-refractivity contribution in [2.45, 2.75) is 50.7 Å². The molecule has 1 aromatic rings. The molecule has 2 rings (SSSR count). The van der Waals surface area contributed by atoms with Crippen LogP contribution in [0, 0.1) is 11.8 Å². The van der Waals surface area contributed by atoms with E-state index in [1.165, 1.54) is 6.20 Å². The van der Waals surface area contributed by atoms with Crippen molar-refractivity contribution in [3.8, 4) is 0 Å². The van der Waals surface area contributed by atoms with Gasteiger partial charge in [-0.3, -0.25) is 5.10 Å². The Morgan fingerprint density at radius 1 is 1.47 bits per heavy atom. The molecule has 1 aromatic heterocycles. The first kappa shape index (κ1) is 14.5. The molecule has 7 heteroatoms. The summed E-state index contributed by atoms with van der Waals surface area (Å²) in [5, 5.41) is 6.39. The Hall–Kier alpha value is -0.920. The summed E-state index contributed by atoms with van der Waals surface area (Å²) in [7, 11) is -3.56. The standard InChI is InChI=1S/C12H22N4O2S/c1-8-4-3-5-11(9(8)2)16-19(17,18)12-10(6-13)7-14-15-12/h7-9,11,16H,3-6,13H2,1-2H3,(H,14,15). The number of aromatic nitrogens is 2. The molecule has 1 fully saturated rings. The van der Waals surface area contributed by atoms with Gasteiger partial charge in [0.05, 0.1) is 6.20 Å². The van der Waals surface area contributed by atoms with E-state index in [2.05, 4.69) is 28.8 Å². The van der Waals surface area contributed by atoms with Crippen LogP contribution in [0.5, 0.6) is 0 Å². The predicted molar refractivity (Wildman–Crippen MR) is 72.8 cm³/mol. The third-order valence-corrected chi connectivity index (χ3v) is 5.68. The van der Waals surface area contributed by atoms with Gasteiger partial charge in [-0.25, -0.2) is 13.1 Å². The lowest BCUT2D eigenvalue weighted by Gasteiger charge is -2.34. The van der Waals surface area contributed by atoms with Crippen LogP contribution in [0.3, 0.4) is 0 Å². The first-order valence-corrected chi connectivity index (χ1v) is 8.18. The number of aromatic amines is 1. The first-order valence-electron chi connectivity index (χ1n) is 6.70. The highest BCUT2D eigenvalue weighted by atomic mass is 32.2. The summed E-state index contributed by atoms with van der Waals surface area (Å²) in [6.07, 6.45) is 4.57. The van der Waals surface area contributed by atoms with Gasteiger partial charge < -0.3 is 5.73 Å². The van der Waals surface area contributed by atoms with Crippen LogP contribution in [0.2, 0.25) is 0 Å². The van der Waals surface area contributed by atoms with Crippen molar-refractivity contribution in [3.05, 3.63) is 11.8 Å². The molecule has 0 bridgehead atoms. The number of hydrogen-bond acceptors (Lipinski definition) is 4. The van der Waals surface area contributed by atoms with E-state index in [-0.39, 0.29) is 17.6 Å². The highest BCUT2D eigenvalue weighted by molar-refractivity contribution is 7.89. The zero-order valence-corrected chi connectivity index (χ0v) is 12.2. The van der Waals surface area contributed by atoms with E-state index in [4.69, 9.17) is 5.73 Å². The molecule has 3 unspecified atom stereocenters. The molecule has 0 aliphatic heterocycles. The van der Waals surface area contributed by atoms with Gasteiger partial charge in [0, 0.05) is 18.2 Å². The molecule has 0 aromatic carbocycles. The number of H-pyrrole nitrogens is 1. The van der Waals surface area contributed by atoms with Gasteiger partial charge in [0.15, 0.2) is 5.03 Å². The number of hydrogen-bond donors (Lipinski definition) is 3. The molecule has 0 saturated heterocycles. The first-order chi connectivity index (χ1) is 8.95. The average Bonchev–Trinajstić information content (AvgIpc) is 2.84. The Kier molecular flexibility index (Phi) is 4.27. The minimum absolute atomic E-state index is 0.0114. The van der Waals surface area contributed by atoms with E-state index in [0.717, 1.165) is 19.3 Å². The lowest BCUT2D eigenvalue weighted by Crippen LogP contribution is -2.43. The lowest BCUT2D eigenvalue weighted by atomic mass is 9.78. The van der Waals surface area contributed by atoms with Crippen molar-refractivity contribution in [2.24, 2.45) is 17.6 Å². The fourth-order valence-corrected chi connectivity index (χ4v) is 4.19. The van der Waals surface area contributed by atoms with Crippen LogP contribution in [0.15, 0.2) is 11.2 Å². The van der Waals surface area contributed by atoms with Gasteiger partial charge in [0.25, 0.3) is 10.0 Å². The summed E-state index contributed by atoms with van der Waals surface area (Å²) < 4.78 is 27.5. The topological polar surface area (TPSA) is 101 Å². The maximum Gasteiger partial charge on any atom is 0.258 e. The Morgan fingerprint density at radius 2 is 2.21 bits per heavy atom. The van der Waals surface area contributed by atoms with Gasteiger partial charge in [-0.05, 0) is 18.3 Å². The summed E-state index contributed by atoms with van der Waals surface area (Å²) in [5.74, 6) is 0.880. The van der Waals surface area contributed by atoms with Crippen LogP contribution < -0.4 is 10.5 Å². The van der Waals surface area contributed by atoms with E-state index in [0.29, 0.717) is 17.4 Å². The van der Waals surface area contributed by atoms with E-state index in [9.17, 15) is 8.42 Å².